The Morgan fingerprint density at radius 1 is 1.60 bits per heavy atom. The van der Waals surface area contributed by atoms with Crippen LogP contribution in [0.3, 0.4) is 0 Å². The minimum atomic E-state index is -0.526. The van der Waals surface area contributed by atoms with Crippen LogP contribution >= 0.6 is 33.9 Å². The number of ether oxygens (including phenoxy) is 1. The third-order valence-electron chi connectivity index (χ3n) is 3.40. The Balaban J connectivity index is 1.92. The second-order valence-corrected chi connectivity index (χ2v) is 7.93. The molecule has 2 aromatic rings. The molecule has 2 N–H and O–H groups in total. The maximum atomic E-state index is 11.4. The van der Waals surface area contributed by atoms with Gasteiger partial charge in [0.25, 0.3) is 0 Å². The average molecular weight is 404 g/mol. The van der Waals surface area contributed by atoms with Crippen molar-refractivity contribution in [3.05, 3.63) is 17.6 Å². The highest BCUT2D eigenvalue weighted by Crippen LogP contribution is 2.40. The fourth-order valence-corrected chi connectivity index (χ4v) is 3.67. The van der Waals surface area contributed by atoms with Crippen molar-refractivity contribution < 1.29 is 14.6 Å². The molecule has 1 fully saturated rings. The summed E-state index contributed by atoms with van der Waals surface area (Å²) in [5.41, 5.74) is 2.44. The zero-order valence-corrected chi connectivity index (χ0v) is 13.7. The highest BCUT2D eigenvalue weighted by atomic mass is 127. The molecule has 20 heavy (non-hydrogen) atoms. The first-order chi connectivity index (χ1) is 9.45. The van der Waals surface area contributed by atoms with Gasteiger partial charge in [0.15, 0.2) is 3.61 Å². The van der Waals surface area contributed by atoms with Gasteiger partial charge in [0.05, 0.1) is 15.7 Å². The molecule has 3 rings (SSSR count). The summed E-state index contributed by atoms with van der Waals surface area (Å²) in [4.78, 5) is 15.5. The van der Waals surface area contributed by atoms with E-state index in [1.165, 1.54) is 11.3 Å². The number of benzene rings is 1. The lowest BCUT2D eigenvalue weighted by Gasteiger charge is -2.29. The predicted molar refractivity (Wildman–Crippen MR) is 85.5 cm³/mol. The standard InChI is InChI=1S/C13H13IN2O3S/c1-13(14,7-2-11(18)15-5-7)19-10-4-8(17)3-9-12(10)20-6-16-9/h3-4,6-7,17H,2,5H2,1H3,(H,15,18). The summed E-state index contributed by atoms with van der Waals surface area (Å²) in [6.45, 7) is 2.57. The molecular formula is C13H13IN2O3S. The Morgan fingerprint density at radius 2 is 2.40 bits per heavy atom. The normalized spacial score (nSPS) is 21.7. The zero-order chi connectivity index (χ0) is 14.3. The molecule has 1 amide bonds. The molecule has 2 unspecified atom stereocenters. The third-order valence-corrected chi connectivity index (χ3v) is 5.36. The molecular weight excluding hydrogens is 391 g/mol. The van der Waals surface area contributed by atoms with Crippen LogP contribution in [0.25, 0.3) is 10.2 Å². The van der Waals surface area contributed by atoms with Crippen molar-refractivity contribution in [2.45, 2.75) is 17.0 Å². The highest BCUT2D eigenvalue weighted by molar-refractivity contribution is 14.1. The van der Waals surface area contributed by atoms with Crippen molar-refractivity contribution in [1.29, 1.82) is 0 Å². The van der Waals surface area contributed by atoms with Gasteiger partial charge in [0, 0.05) is 31.0 Å². The number of amides is 1. The summed E-state index contributed by atoms with van der Waals surface area (Å²) in [7, 11) is 0. The van der Waals surface area contributed by atoms with Crippen molar-refractivity contribution in [3.63, 3.8) is 0 Å². The number of hydrogen-bond donors (Lipinski definition) is 2. The van der Waals surface area contributed by atoms with Crippen molar-refractivity contribution in [2.75, 3.05) is 6.54 Å². The van der Waals surface area contributed by atoms with Gasteiger partial charge in [-0.05, 0) is 29.5 Å². The Bertz CT molecular complexity index is 671. The van der Waals surface area contributed by atoms with Crippen molar-refractivity contribution >= 4 is 50.1 Å². The van der Waals surface area contributed by atoms with E-state index in [0.29, 0.717) is 18.7 Å². The molecule has 0 radical (unpaired) electrons. The summed E-state index contributed by atoms with van der Waals surface area (Å²) in [5.74, 6) is 0.895. The molecule has 0 saturated carbocycles. The Labute approximate surface area is 133 Å². The summed E-state index contributed by atoms with van der Waals surface area (Å²) in [6, 6.07) is 3.21. The van der Waals surface area contributed by atoms with Crippen molar-refractivity contribution in [3.8, 4) is 11.5 Å². The fourth-order valence-electron chi connectivity index (χ4n) is 2.27. The maximum absolute atomic E-state index is 11.4. The summed E-state index contributed by atoms with van der Waals surface area (Å²) < 4.78 is 6.47. The van der Waals surface area contributed by atoms with E-state index in [0.717, 1.165) is 10.2 Å². The Kier molecular flexibility index (Phi) is 3.49. The summed E-state index contributed by atoms with van der Waals surface area (Å²) in [6.07, 6.45) is 0.462. The lowest BCUT2D eigenvalue weighted by molar-refractivity contribution is -0.119. The van der Waals surface area contributed by atoms with Crippen LogP contribution in [0.2, 0.25) is 0 Å². The van der Waals surface area contributed by atoms with Crippen LogP contribution in [0, 0.1) is 5.92 Å². The summed E-state index contributed by atoms with van der Waals surface area (Å²) >= 11 is 3.70. The highest BCUT2D eigenvalue weighted by Gasteiger charge is 2.39. The number of hydrogen-bond acceptors (Lipinski definition) is 5. The Hall–Kier alpha value is -1.09. The first-order valence-corrected chi connectivity index (χ1v) is 8.12. The number of carbonyl (C=O) groups is 1. The minimum Gasteiger partial charge on any atom is -0.508 e. The van der Waals surface area contributed by atoms with Gasteiger partial charge in [-0.1, -0.05) is 0 Å². The van der Waals surface area contributed by atoms with Gasteiger partial charge in [0.1, 0.15) is 11.5 Å². The smallest absolute Gasteiger partial charge is 0.220 e. The Morgan fingerprint density at radius 3 is 3.10 bits per heavy atom. The van der Waals surface area contributed by atoms with Crippen LogP contribution < -0.4 is 10.1 Å². The summed E-state index contributed by atoms with van der Waals surface area (Å²) in [5, 5.41) is 12.6. The third kappa shape index (κ3) is 2.56. The van der Waals surface area contributed by atoms with Gasteiger partial charge in [0.2, 0.25) is 5.91 Å². The molecule has 0 bridgehead atoms. The van der Waals surface area contributed by atoms with Crippen LogP contribution in [0.15, 0.2) is 17.6 Å². The monoisotopic (exact) mass is 404 g/mol. The number of fused-ring (bicyclic) bond motifs is 1. The number of carbonyl (C=O) groups excluding carboxylic acids is 1. The number of aromatic hydroxyl groups is 1. The molecule has 1 aliphatic rings. The number of thiazole rings is 1. The molecule has 0 aliphatic carbocycles. The molecule has 1 saturated heterocycles. The number of rotatable bonds is 3. The fraction of sp³-hybridized carbons (Fsp3) is 0.385. The number of halogens is 1. The van der Waals surface area contributed by atoms with E-state index < -0.39 is 3.61 Å². The lowest BCUT2D eigenvalue weighted by atomic mass is 10.0. The molecule has 2 heterocycles. The SMILES string of the molecule is CC(I)(Oc1cc(O)cc2ncsc12)C1CNC(=O)C1. The zero-order valence-electron chi connectivity index (χ0n) is 10.7. The number of aromatic nitrogens is 1. The quantitative estimate of drug-likeness (QED) is 0.610. The van der Waals surface area contributed by atoms with Gasteiger partial charge < -0.3 is 15.2 Å². The number of nitrogens with one attached hydrogen (secondary N) is 1. The second-order valence-electron chi connectivity index (χ2n) is 4.94. The number of alkyl halides is 1. The number of phenolic OH excluding ortho intramolecular Hbond substituents is 1. The topological polar surface area (TPSA) is 71.5 Å². The molecule has 1 aromatic carbocycles. The van der Waals surface area contributed by atoms with Crippen LogP contribution in [0.4, 0.5) is 0 Å². The van der Waals surface area contributed by atoms with Crippen molar-refractivity contribution in [1.82, 2.24) is 10.3 Å². The molecule has 1 aromatic heterocycles. The maximum Gasteiger partial charge on any atom is 0.220 e. The van der Waals surface area contributed by atoms with E-state index in [9.17, 15) is 9.90 Å². The second kappa shape index (κ2) is 5.03. The molecule has 0 spiro atoms. The molecule has 7 heteroatoms. The van der Waals surface area contributed by atoms with Crippen LogP contribution in [-0.4, -0.2) is 26.2 Å². The number of nitrogens with zero attached hydrogens (tertiary/aromatic N) is 1. The van der Waals surface area contributed by atoms with Crippen LogP contribution in [0.5, 0.6) is 11.5 Å². The van der Waals surface area contributed by atoms with Gasteiger partial charge in [-0.15, -0.1) is 11.3 Å². The predicted octanol–water partition coefficient (Wildman–Crippen LogP) is 2.67. The van der Waals surface area contributed by atoms with E-state index in [1.54, 1.807) is 17.6 Å². The minimum absolute atomic E-state index is 0.0559. The number of phenols is 1. The first kappa shape index (κ1) is 13.9. The van der Waals surface area contributed by atoms with E-state index in [-0.39, 0.29) is 17.6 Å². The molecule has 1 aliphatic heterocycles. The largest absolute Gasteiger partial charge is 0.508 e. The molecule has 106 valence electrons. The molecule has 5 nitrogen and oxygen atoms in total. The van der Waals surface area contributed by atoms with Crippen LogP contribution in [-0.2, 0) is 4.79 Å². The first-order valence-electron chi connectivity index (χ1n) is 6.16. The average Bonchev–Trinajstić information content (AvgIpc) is 2.97. The van der Waals surface area contributed by atoms with Gasteiger partial charge >= 0.3 is 0 Å². The van der Waals surface area contributed by atoms with Crippen LogP contribution in [0.1, 0.15) is 13.3 Å². The van der Waals surface area contributed by atoms with E-state index in [1.807, 2.05) is 6.92 Å². The van der Waals surface area contributed by atoms with E-state index in [4.69, 9.17) is 4.74 Å². The van der Waals surface area contributed by atoms with Crippen molar-refractivity contribution in [2.24, 2.45) is 5.92 Å². The van der Waals surface area contributed by atoms with E-state index >= 15 is 0 Å². The van der Waals surface area contributed by atoms with Gasteiger partial charge in [-0.3, -0.25) is 4.79 Å². The van der Waals surface area contributed by atoms with Gasteiger partial charge in [-0.25, -0.2) is 4.98 Å². The van der Waals surface area contributed by atoms with Gasteiger partial charge in [-0.2, -0.15) is 0 Å². The van der Waals surface area contributed by atoms with E-state index in [2.05, 4.69) is 32.9 Å². The lowest BCUT2D eigenvalue weighted by Crippen LogP contribution is -2.35. The molecule has 2 atom stereocenters.